The Morgan fingerprint density at radius 3 is 2.42 bits per heavy atom. The third kappa shape index (κ3) is 3.96. The Labute approximate surface area is 155 Å². The van der Waals surface area contributed by atoms with Crippen molar-refractivity contribution in [2.75, 3.05) is 16.9 Å². The second kappa shape index (κ2) is 7.74. The average Bonchev–Trinajstić information content (AvgIpc) is 3.07. The SMILES string of the molecule is CSc1nc2c(c(=O)n1CC(=O)Nc1ccc(NC(C)=O)cc1)CCC2. The second-order valence-corrected chi connectivity index (χ2v) is 6.85. The lowest BCUT2D eigenvalue weighted by Gasteiger charge is -2.13. The molecule has 7 nitrogen and oxygen atoms in total. The first-order chi connectivity index (χ1) is 12.5. The molecule has 0 spiro atoms. The molecule has 2 amide bonds. The number of carbonyl (C=O) groups excluding carboxylic acids is 2. The van der Waals surface area contributed by atoms with E-state index in [0.29, 0.717) is 16.5 Å². The van der Waals surface area contributed by atoms with Crippen molar-refractivity contribution in [3.8, 4) is 0 Å². The number of nitrogens with zero attached hydrogens (tertiary/aromatic N) is 2. The maximum absolute atomic E-state index is 12.7. The third-order valence-electron chi connectivity index (χ3n) is 4.13. The summed E-state index contributed by atoms with van der Waals surface area (Å²) in [6.07, 6.45) is 4.33. The fraction of sp³-hybridized carbons (Fsp3) is 0.333. The zero-order chi connectivity index (χ0) is 18.7. The van der Waals surface area contributed by atoms with Crippen LogP contribution in [0.4, 0.5) is 11.4 Å². The monoisotopic (exact) mass is 372 g/mol. The van der Waals surface area contributed by atoms with Crippen molar-refractivity contribution >= 4 is 35.0 Å². The number of hydrogen-bond donors (Lipinski definition) is 2. The van der Waals surface area contributed by atoms with Gasteiger partial charge in [-0.15, -0.1) is 0 Å². The van der Waals surface area contributed by atoms with E-state index in [4.69, 9.17) is 0 Å². The van der Waals surface area contributed by atoms with Crippen molar-refractivity contribution in [3.63, 3.8) is 0 Å². The van der Waals surface area contributed by atoms with Crippen molar-refractivity contribution in [1.82, 2.24) is 9.55 Å². The molecular weight excluding hydrogens is 352 g/mol. The molecule has 0 saturated carbocycles. The van der Waals surface area contributed by atoms with Gasteiger partial charge in [0, 0.05) is 23.9 Å². The maximum atomic E-state index is 12.7. The van der Waals surface area contributed by atoms with E-state index in [1.165, 1.54) is 23.3 Å². The Morgan fingerprint density at radius 2 is 1.81 bits per heavy atom. The Hall–Kier alpha value is -2.61. The van der Waals surface area contributed by atoms with Gasteiger partial charge in [0.25, 0.3) is 5.56 Å². The topological polar surface area (TPSA) is 93.1 Å². The van der Waals surface area contributed by atoms with Crippen molar-refractivity contribution in [1.29, 1.82) is 0 Å². The highest BCUT2D eigenvalue weighted by Crippen LogP contribution is 2.20. The van der Waals surface area contributed by atoms with Crippen LogP contribution in [0.3, 0.4) is 0 Å². The number of benzene rings is 1. The standard InChI is InChI=1S/C18H20N4O3S/c1-11(23)19-12-6-8-13(9-7-12)20-16(24)10-22-17(25)14-4-3-5-15(14)21-18(22)26-2/h6-9H,3-5,10H2,1-2H3,(H,19,23)(H,20,24). The first-order valence-electron chi connectivity index (χ1n) is 8.32. The number of carbonyl (C=O) groups is 2. The molecule has 0 bridgehead atoms. The number of nitrogens with one attached hydrogen (secondary N) is 2. The summed E-state index contributed by atoms with van der Waals surface area (Å²) >= 11 is 1.36. The highest BCUT2D eigenvalue weighted by Gasteiger charge is 2.21. The molecule has 0 atom stereocenters. The van der Waals surface area contributed by atoms with E-state index in [-0.39, 0.29) is 23.9 Å². The van der Waals surface area contributed by atoms with Gasteiger partial charge in [0.15, 0.2) is 5.16 Å². The van der Waals surface area contributed by atoms with Gasteiger partial charge >= 0.3 is 0 Å². The Bertz CT molecular complexity index is 906. The van der Waals surface area contributed by atoms with E-state index >= 15 is 0 Å². The van der Waals surface area contributed by atoms with Gasteiger partial charge in [0.1, 0.15) is 6.54 Å². The minimum absolute atomic E-state index is 0.0806. The van der Waals surface area contributed by atoms with Gasteiger partial charge in [-0.25, -0.2) is 4.98 Å². The van der Waals surface area contributed by atoms with Crippen molar-refractivity contribution in [3.05, 3.63) is 45.9 Å². The van der Waals surface area contributed by atoms with Crippen LogP contribution in [0.25, 0.3) is 0 Å². The molecule has 1 aromatic carbocycles. The number of anilines is 2. The minimum Gasteiger partial charge on any atom is -0.326 e. The molecule has 8 heteroatoms. The zero-order valence-electron chi connectivity index (χ0n) is 14.7. The second-order valence-electron chi connectivity index (χ2n) is 6.08. The molecule has 136 valence electrons. The Kier molecular flexibility index (Phi) is 5.41. The molecule has 0 aliphatic heterocycles. The maximum Gasteiger partial charge on any atom is 0.258 e. The van der Waals surface area contributed by atoms with Gasteiger partial charge in [0.05, 0.1) is 5.69 Å². The van der Waals surface area contributed by atoms with Crippen LogP contribution in [0.1, 0.15) is 24.6 Å². The van der Waals surface area contributed by atoms with Gasteiger partial charge < -0.3 is 10.6 Å². The van der Waals surface area contributed by atoms with Crippen molar-refractivity contribution in [2.24, 2.45) is 0 Å². The van der Waals surface area contributed by atoms with Crippen LogP contribution in [0, 0.1) is 0 Å². The van der Waals surface area contributed by atoms with E-state index in [9.17, 15) is 14.4 Å². The highest BCUT2D eigenvalue weighted by molar-refractivity contribution is 7.98. The number of rotatable bonds is 5. The minimum atomic E-state index is -0.297. The quantitative estimate of drug-likeness (QED) is 0.619. The lowest BCUT2D eigenvalue weighted by atomic mass is 10.2. The summed E-state index contributed by atoms with van der Waals surface area (Å²) in [7, 11) is 0. The fourth-order valence-electron chi connectivity index (χ4n) is 2.99. The van der Waals surface area contributed by atoms with Crippen LogP contribution < -0.4 is 16.2 Å². The van der Waals surface area contributed by atoms with Crippen LogP contribution in [-0.4, -0.2) is 27.6 Å². The number of fused-ring (bicyclic) bond motifs is 1. The average molecular weight is 372 g/mol. The molecule has 1 aliphatic rings. The smallest absolute Gasteiger partial charge is 0.258 e. The van der Waals surface area contributed by atoms with E-state index < -0.39 is 0 Å². The van der Waals surface area contributed by atoms with Crippen molar-refractivity contribution in [2.45, 2.75) is 37.9 Å². The lowest BCUT2D eigenvalue weighted by Crippen LogP contribution is -2.31. The van der Waals surface area contributed by atoms with Gasteiger partial charge in [0.2, 0.25) is 11.8 Å². The summed E-state index contributed by atoms with van der Waals surface area (Å²) in [5, 5.41) is 5.99. The number of aromatic nitrogens is 2. The molecule has 1 aliphatic carbocycles. The summed E-state index contributed by atoms with van der Waals surface area (Å²) in [4.78, 5) is 40.6. The summed E-state index contributed by atoms with van der Waals surface area (Å²) in [6, 6.07) is 6.80. The molecule has 1 aromatic heterocycles. The normalized spacial score (nSPS) is 12.5. The molecule has 0 saturated heterocycles. The Balaban J connectivity index is 1.74. The van der Waals surface area contributed by atoms with E-state index in [1.807, 2.05) is 6.26 Å². The largest absolute Gasteiger partial charge is 0.326 e. The van der Waals surface area contributed by atoms with E-state index in [1.54, 1.807) is 24.3 Å². The predicted octanol–water partition coefficient (Wildman–Crippen LogP) is 2.05. The molecule has 2 N–H and O–H groups in total. The molecule has 1 heterocycles. The molecule has 3 rings (SSSR count). The van der Waals surface area contributed by atoms with E-state index in [2.05, 4.69) is 15.6 Å². The molecule has 0 unspecified atom stereocenters. The summed E-state index contributed by atoms with van der Waals surface area (Å²) < 4.78 is 1.44. The summed E-state index contributed by atoms with van der Waals surface area (Å²) in [5.74, 6) is -0.454. The van der Waals surface area contributed by atoms with Crippen LogP contribution in [0.2, 0.25) is 0 Å². The highest BCUT2D eigenvalue weighted by atomic mass is 32.2. The van der Waals surface area contributed by atoms with Gasteiger partial charge in [-0.1, -0.05) is 11.8 Å². The predicted molar refractivity (Wildman–Crippen MR) is 102 cm³/mol. The molecular formula is C18H20N4O3S. The molecule has 26 heavy (non-hydrogen) atoms. The lowest BCUT2D eigenvalue weighted by molar-refractivity contribution is -0.117. The van der Waals surface area contributed by atoms with Gasteiger partial charge in [-0.05, 0) is 49.8 Å². The first-order valence-corrected chi connectivity index (χ1v) is 9.54. The number of thioether (sulfide) groups is 1. The number of hydrogen-bond acceptors (Lipinski definition) is 5. The first kappa shape index (κ1) is 18.2. The summed E-state index contributed by atoms with van der Waals surface area (Å²) in [5.41, 5.74) is 2.73. The van der Waals surface area contributed by atoms with Gasteiger partial charge in [-0.2, -0.15) is 0 Å². The van der Waals surface area contributed by atoms with Crippen LogP contribution >= 0.6 is 11.8 Å². The van der Waals surface area contributed by atoms with Crippen LogP contribution in [-0.2, 0) is 29.0 Å². The van der Waals surface area contributed by atoms with Crippen LogP contribution in [0.5, 0.6) is 0 Å². The molecule has 0 fully saturated rings. The Morgan fingerprint density at radius 1 is 1.15 bits per heavy atom. The van der Waals surface area contributed by atoms with E-state index in [0.717, 1.165) is 30.5 Å². The number of amides is 2. The number of aryl methyl sites for hydroxylation is 1. The fourth-order valence-corrected chi connectivity index (χ4v) is 3.56. The zero-order valence-corrected chi connectivity index (χ0v) is 15.5. The van der Waals surface area contributed by atoms with Gasteiger partial charge in [-0.3, -0.25) is 19.0 Å². The van der Waals surface area contributed by atoms with Crippen molar-refractivity contribution < 1.29 is 9.59 Å². The summed E-state index contributed by atoms with van der Waals surface area (Å²) in [6.45, 7) is 1.35. The molecule has 0 radical (unpaired) electrons. The van der Waals surface area contributed by atoms with Crippen LogP contribution in [0.15, 0.2) is 34.2 Å². The molecule has 2 aromatic rings. The third-order valence-corrected chi connectivity index (χ3v) is 4.80.